The first-order valence-corrected chi connectivity index (χ1v) is 7.89. The quantitative estimate of drug-likeness (QED) is 0.803. The zero-order chi connectivity index (χ0) is 15.1. The van der Waals surface area contributed by atoms with Gasteiger partial charge in [0.25, 0.3) is 0 Å². The molecule has 1 aromatic rings. The zero-order valence-electron chi connectivity index (χ0n) is 13.0. The number of hydrogen-bond donors (Lipinski definition) is 2. The van der Waals surface area contributed by atoms with Crippen LogP contribution in [-0.4, -0.2) is 49.5 Å². The second kappa shape index (κ2) is 7.90. The molecule has 21 heavy (non-hydrogen) atoms. The van der Waals surface area contributed by atoms with Crippen LogP contribution in [0.25, 0.3) is 0 Å². The van der Waals surface area contributed by atoms with E-state index in [0.717, 1.165) is 38.1 Å². The fraction of sp³-hybridized carbons (Fsp3) is 0.647. The highest BCUT2D eigenvalue weighted by molar-refractivity contribution is 5.24. The van der Waals surface area contributed by atoms with Crippen molar-refractivity contribution in [2.24, 2.45) is 5.73 Å². The summed E-state index contributed by atoms with van der Waals surface area (Å²) < 4.78 is 5.77. The number of aliphatic hydroxyl groups excluding tert-OH is 1. The molecular weight excluding hydrogens is 264 g/mol. The highest BCUT2D eigenvalue weighted by atomic mass is 16.5. The first kappa shape index (κ1) is 16.4. The third kappa shape index (κ3) is 4.78. The van der Waals surface area contributed by atoms with Gasteiger partial charge in [-0.15, -0.1) is 0 Å². The van der Waals surface area contributed by atoms with E-state index in [-0.39, 0.29) is 6.61 Å². The molecule has 2 unspecified atom stereocenters. The number of rotatable bonds is 7. The average molecular weight is 292 g/mol. The third-order valence-corrected chi connectivity index (χ3v) is 4.36. The van der Waals surface area contributed by atoms with Gasteiger partial charge in [-0.25, -0.2) is 0 Å². The number of likely N-dealkylation sites (N-methyl/N-ethyl adjacent to an activating group) is 1. The van der Waals surface area contributed by atoms with Crippen molar-refractivity contribution in [2.45, 2.75) is 37.3 Å². The van der Waals surface area contributed by atoms with Crippen molar-refractivity contribution >= 4 is 0 Å². The zero-order valence-corrected chi connectivity index (χ0v) is 13.0. The number of benzene rings is 1. The number of ether oxygens (including phenoxy) is 1. The van der Waals surface area contributed by atoms with Gasteiger partial charge in [-0.3, -0.25) is 0 Å². The monoisotopic (exact) mass is 292 g/mol. The van der Waals surface area contributed by atoms with E-state index in [1.807, 2.05) is 30.3 Å². The van der Waals surface area contributed by atoms with E-state index in [4.69, 9.17) is 10.5 Å². The molecule has 4 nitrogen and oxygen atoms in total. The van der Waals surface area contributed by atoms with Crippen molar-refractivity contribution in [3.8, 4) is 0 Å². The van der Waals surface area contributed by atoms with Crippen molar-refractivity contribution in [3.05, 3.63) is 35.9 Å². The molecule has 1 fully saturated rings. The fourth-order valence-corrected chi connectivity index (χ4v) is 2.87. The van der Waals surface area contributed by atoms with Gasteiger partial charge in [-0.05, 0) is 38.3 Å². The van der Waals surface area contributed by atoms with Crippen LogP contribution in [0.4, 0.5) is 0 Å². The van der Waals surface area contributed by atoms with E-state index in [0.29, 0.717) is 6.10 Å². The van der Waals surface area contributed by atoms with Crippen LogP contribution < -0.4 is 5.73 Å². The maximum absolute atomic E-state index is 9.70. The standard InChI is InChI=1S/C17H28N2O2/c1-19(13-16-9-5-6-12-21-16)11-10-17(18,14-20)15-7-3-2-4-8-15/h2-4,7-8,16,20H,5-6,9-14,18H2,1H3. The Balaban J connectivity index is 1.84. The van der Waals surface area contributed by atoms with E-state index < -0.39 is 5.54 Å². The van der Waals surface area contributed by atoms with Crippen molar-refractivity contribution in [1.82, 2.24) is 4.90 Å². The molecule has 0 aromatic heterocycles. The number of aliphatic hydroxyl groups is 1. The van der Waals surface area contributed by atoms with Crippen LogP contribution in [0.2, 0.25) is 0 Å². The molecule has 0 radical (unpaired) electrons. The molecule has 3 N–H and O–H groups in total. The molecule has 2 rings (SSSR count). The Morgan fingerprint density at radius 3 is 2.71 bits per heavy atom. The predicted octanol–water partition coefficient (Wildman–Crippen LogP) is 1.72. The lowest BCUT2D eigenvalue weighted by Gasteiger charge is -2.32. The van der Waals surface area contributed by atoms with Gasteiger partial charge < -0.3 is 20.5 Å². The van der Waals surface area contributed by atoms with Crippen molar-refractivity contribution in [3.63, 3.8) is 0 Å². The van der Waals surface area contributed by atoms with Gasteiger partial charge in [0.15, 0.2) is 0 Å². The second-order valence-electron chi connectivity index (χ2n) is 6.18. The minimum absolute atomic E-state index is 0.0369. The Morgan fingerprint density at radius 1 is 1.33 bits per heavy atom. The van der Waals surface area contributed by atoms with Gasteiger partial charge in [0.05, 0.1) is 18.2 Å². The lowest BCUT2D eigenvalue weighted by atomic mass is 9.88. The average Bonchev–Trinajstić information content (AvgIpc) is 2.54. The van der Waals surface area contributed by atoms with Crippen LogP contribution in [-0.2, 0) is 10.3 Å². The fourth-order valence-electron chi connectivity index (χ4n) is 2.87. The lowest BCUT2D eigenvalue weighted by molar-refractivity contribution is -0.00279. The molecular formula is C17H28N2O2. The van der Waals surface area contributed by atoms with Gasteiger partial charge in [0, 0.05) is 19.7 Å². The summed E-state index contributed by atoms with van der Waals surface area (Å²) in [6, 6.07) is 9.87. The maximum Gasteiger partial charge on any atom is 0.0701 e. The molecule has 4 heteroatoms. The van der Waals surface area contributed by atoms with Gasteiger partial charge >= 0.3 is 0 Å². The van der Waals surface area contributed by atoms with Crippen LogP contribution in [0.15, 0.2) is 30.3 Å². The smallest absolute Gasteiger partial charge is 0.0701 e. The topological polar surface area (TPSA) is 58.7 Å². The largest absolute Gasteiger partial charge is 0.394 e. The molecule has 1 aromatic carbocycles. The van der Waals surface area contributed by atoms with Gasteiger partial charge in [0.2, 0.25) is 0 Å². The molecule has 1 heterocycles. The summed E-state index contributed by atoms with van der Waals surface area (Å²) in [7, 11) is 2.10. The first-order valence-electron chi connectivity index (χ1n) is 7.89. The number of nitrogens with two attached hydrogens (primary N) is 1. The molecule has 0 spiro atoms. The summed E-state index contributed by atoms with van der Waals surface area (Å²) in [5, 5.41) is 9.70. The van der Waals surface area contributed by atoms with E-state index in [1.165, 1.54) is 12.8 Å². The SMILES string of the molecule is CN(CCC(N)(CO)c1ccccc1)CC1CCCCO1. The molecule has 1 saturated heterocycles. The highest BCUT2D eigenvalue weighted by Crippen LogP contribution is 2.22. The molecule has 2 atom stereocenters. The third-order valence-electron chi connectivity index (χ3n) is 4.36. The summed E-state index contributed by atoms with van der Waals surface area (Å²) in [6.07, 6.45) is 4.68. The van der Waals surface area contributed by atoms with E-state index in [9.17, 15) is 5.11 Å². The van der Waals surface area contributed by atoms with Crippen molar-refractivity contribution in [2.75, 3.05) is 33.4 Å². The second-order valence-corrected chi connectivity index (χ2v) is 6.18. The lowest BCUT2D eigenvalue weighted by Crippen LogP contribution is -2.44. The van der Waals surface area contributed by atoms with Crippen molar-refractivity contribution in [1.29, 1.82) is 0 Å². The van der Waals surface area contributed by atoms with Crippen molar-refractivity contribution < 1.29 is 9.84 Å². The van der Waals surface area contributed by atoms with Gasteiger partial charge in [-0.2, -0.15) is 0 Å². The Hall–Kier alpha value is -0.940. The minimum atomic E-state index is -0.664. The summed E-state index contributed by atoms with van der Waals surface area (Å²) in [4.78, 5) is 2.26. The molecule has 1 aliphatic rings. The summed E-state index contributed by atoms with van der Waals surface area (Å²) in [6.45, 7) is 2.65. The van der Waals surface area contributed by atoms with Crippen LogP contribution in [0.5, 0.6) is 0 Å². The molecule has 118 valence electrons. The maximum atomic E-state index is 9.70. The van der Waals surface area contributed by atoms with Gasteiger partial charge in [-0.1, -0.05) is 30.3 Å². The summed E-state index contributed by atoms with van der Waals surface area (Å²) in [5.41, 5.74) is 6.72. The predicted molar refractivity (Wildman–Crippen MR) is 85.1 cm³/mol. The van der Waals surface area contributed by atoms with E-state index >= 15 is 0 Å². The van der Waals surface area contributed by atoms with Crippen LogP contribution in [0.1, 0.15) is 31.2 Å². The Bertz CT molecular complexity index is 407. The molecule has 0 bridgehead atoms. The van der Waals surface area contributed by atoms with E-state index in [2.05, 4.69) is 11.9 Å². The van der Waals surface area contributed by atoms with E-state index in [1.54, 1.807) is 0 Å². The molecule has 0 amide bonds. The summed E-state index contributed by atoms with van der Waals surface area (Å²) in [5.74, 6) is 0. The Labute approximate surface area is 127 Å². The Morgan fingerprint density at radius 2 is 2.10 bits per heavy atom. The molecule has 0 aliphatic carbocycles. The van der Waals surface area contributed by atoms with Crippen LogP contribution in [0.3, 0.4) is 0 Å². The number of hydrogen-bond acceptors (Lipinski definition) is 4. The number of nitrogens with zero attached hydrogens (tertiary/aromatic N) is 1. The summed E-state index contributed by atoms with van der Waals surface area (Å²) >= 11 is 0. The molecule has 1 aliphatic heterocycles. The minimum Gasteiger partial charge on any atom is -0.394 e. The highest BCUT2D eigenvalue weighted by Gasteiger charge is 2.27. The van der Waals surface area contributed by atoms with Crippen LogP contribution in [0, 0.1) is 0 Å². The first-order chi connectivity index (χ1) is 10.1. The molecule has 0 saturated carbocycles. The van der Waals surface area contributed by atoms with Gasteiger partial charge in [0.1, 0.15) is 0 Å². The van der Waals surface area contributed by atoms with Crippen LogP contribution >= 0.6 is 0 Å². The normalized spacial score (nSPS) is 22.2. The Kier molecular flexibility index (Phi) is 6.18.